The molecule has 1 amide bonds. The molecule has 2 aliphatic rings. The Hall–Kier alpha value is -2.21. The third-order valence-corrected chi connectivity index (χ3v) is 4.06. The van der Waals surface area contributed by atoms with Crippen LogP contribution in [0.3, 0.4) is 0 Å². The third kappa shape index (κ3) is 2.42. The smallest absolute Gasteiger partial charge is 0.261 e. The van der Waals surface area contributed by atoms with Crippen molar-refractivity contribution in [1.82, 2.24) is 9.88 Å². The van der Waals surface area contributed by atoms with Crippen LogP contribution in [0.1, 0.15) is 25.3 Å². The molecule has 5 nitrogen and oxygen atoms in total. The third-order valence-electron chi connectivity index (χ3n) is 3.69. The largest absolute Gasteiger partial charge is 0.494 e. The van der Waals surface area contributed by atoms with Crippen LogP contribution in [0.15, 0.2) is 23.0 Å². The Kier molecular flexibility index (Phi) is 3.47. The summed E-state index contributed by atoms with van der Waals surface area (Å²) in [6, 6.07) is 1.08. The Bertz CT molecular complexity index is 836. The Morgan fingerprint density at radius 3 is 2.95 bits per heavy atom. The summed E-state index contributed by atoms with van der Waals surface area (Å²) in [6.07, 6.45) is 8.80. The fourth-order valence-electron chi connectivity index (χ4n) is 2.65. The second-order valence-corrected chi connectivity index (χ2v) is 5.49. The number of aromatic nitrogens is 1. The molecule has 21 heavy (non-hydrogen) atoms. The standard InChI is InChI=1S/C15H14N2O3S/c18-12-7-6-11(14(21)16-12)17-13(19)8-9-4-2-1-3-5-10(9)15(17)20/h1,3-5,8,11,19H,2,6-7H2,(H,16,18,21). The van der Waals surface area contributed by atoms with Crippen molar-refractivity contribution in [2.45, 2.75) is 25.3 Å². The van der Waals surface area contributed by atoms with E-state index in [1.165, 1.54) is 4.57 Å². The number of nitrogens with one attached hydrogen (secondary N) is 1. The highest BCUT2D eigenvalue weighted by atomic mass is 32.1. The minimum atomic E-state index is -0.490. The van der Waals surface area contributed by atoms with Crippen LogP contribution in [0.5, 0.6) is 5.88 Å². The van der Waals surface area contributed by atoms with Gasteiger partial charge < -0.3 is 10.4 Å². The van der Waals surface area contributed by atoms with Crippen molar-refractivity contribution >= 4 is 35.3 Å². The Morgan fingerprint density at radius 2 is 2.19 bits per heavy atom. The van der Waals surface area contributed by atoms with Gasteiger partial charge in [-0.3, -0.25) is 14.2 Å². The van der Waals surface area contributed by atoms with E-state index in [0.717, 1.165) is 0 Å². The van der Waals surface area contributed by atoms with Crippen LogP contribution in [-0.4, -0.2) is 20.6 Å². The van der Waals surface area contributed by atoms with Crippen LogP contribution in [0.2, 0.25) is 0 Å². The molecule has 1 unspecified atom stereocenters. The molecule has 0 radical (unpaired) electrons. The summed E-state index contributed by atoms with van der Waals surface area (Å²) >= 11 is 5.15. The predicted molar refractivity (Wildman–Crippen MR) is 83.3 cm³/mol. The van der Waals surface area contributed by atoms with Crippen LogP contribution in [-0.2, 0) is 4.79 Å². The molecule has 2 heterocycles. The van der Waals surface area contributed by atoms with E-state index in [1.807, 2.05) is 18.2 Å². The van der Waals surface area contributed by atoms with E-state index in [1.54, 1.807) is 12.1 Å². The maximum atomic E-state index is 12.7. The zero-order valence-electron chi connectivity index (χ0n) is 11.2. The van der Waals surface area contributed by atoms with Crippen molar-refractivity contribution in [3.63, 3.8) is 0 Å². The van der Waals surface area contributed by atoms with Gasteiger partial charge in [-0.05, 0) is 24.1 Å². The molecule has 1 aromatic heterocycles. The monoisotopic (exact) mass is 302 g/mol. The number of fused-ring (bicyclic) bond motifs is 1. The number of hydrogen-bond acceptors (Lipinski definition) is 4. The molecule has 2 N–H and O–H groups in total. The summed E-state index contributed by atoms with van der Waals surface area (Å²) in [5, 5.41) is 14.0. The van der Waals surface area contributed by atoms with Gasteiger partial charge in [0.1, 0.15) is 4.99 Å². The van der Waals surface area contributed by atoms with Gasteiger partial charge >= 0.3 is 0 Å². The molecule has 1 aliphatic carbocycles. The van der Waals surface area contributed by atoms with Crippen molar-refractivity contribution in [2.24, 2.45) is 0 Å². The van der Waals surface area contributed by atoms with Gasteiger partial charge in [0.05, 0.1) is 6.04 Å². The molecule has 0 spiro atoms. The molecule has 1 atom stereocenters. The maximum Gasteiger partial charge on any atom is 0.261 e. The topological polar surface area (TPSA) is 71.3 Å². The Morgan fingerprint density at radius 1 is 1.38 bits per heavy atom. The van der Waals surface area contributed by atoms with E-state index in [-0.39, 0.29) is 28.8 Å². The van der Waals surface area contributed by atoms with Gasteiger partial charge in [0, 0.05) is 17.7 Å². The Labute approximate surface area is 125 Å². The fraction of sp³-hybridized carbons (Fsp3) is 0.267. The molecule has 1 aromatic rings. The first-order valence-corrected chi connectivity index (χ1v) is 7.14. The molecule has 1 saturated heterocycles. The highest BCUT2D eigenvalue weighted by Crippen LogP contribution is 2.21. The molecule has 3 rings (SSSR count). The van der Waals surface area contributed by atoms with Gasteiger partial charge in [-0.25, -0.2) is 0 Å². The fourth-order valence-corrected chi connectivity index (χ4v) is 2.98. The highest BCUT2D eigenvalue weighted by molar-refractivity contribution is 7.80. The lowest BCUT2D eigenvalue weighted by atomic mass is 10.1. The second kappa shape index (κ2) is 5.29. The predicted octanol–water partition coefficient (Wildman–Crippen LogP) is -0.147. The van der Waals surface area contributed by atoms with E-state index < -0.39 is 6.04 Å². The first-order chi connectivity index (χ1) is 10.1. The molecule has 6 heteroatoms. The molecule has 108 valence electrons. The lowest BCUT2D eigenvalue weighted by molar-refractivity contribution is -0.120. The maximum absolute atomic E-state index is 12.7. The van der Waals surface area contributed by atoms with Gasteiger partial charge in [0.15, 0.2) is 5.88 Å². The number of carbonyl (C=O) groups excluding carboxylic acids is 1. The molecule has 0 saturated carbocycles. The number of piperidine rings is 1. The number of allylic oxidation sites excluding steroid dienone is 2. The van der Waals surface area contributed by atoms with Gasteiger partial charge in [-0.1, -0.05) is 30.4 Å². The molecule has 0 bridgehead atoms. The van der Waals surface area contributed by atoms with E-state index >= 15 is 0 Å². The summed E-state index contributed by atoms with van der Waals surface area (Å²) in [6.45, 7) is 0. The lowest BCUT2D eigenvalue weighted by Crippen LogP contribution is -2.50. The van der Waals surface area contributed by atoms with E-state index in [2.05, 4.69) is 5.32 Å². The van der Waals surface area contributed by atoms with E-state index in [0.29, 0.717) is 23.3 Å². The van der Waals surface area contributed by atoms with Crippen LogP contribution in [0.25, 0.3) is 12.2 Å². The van der Waals surface area contributed by atoms with Gasteiger partial charge in [0.2, 0.25) is 5.91 Å². The summed E-state index contributed by atoms with van der Waals surface area (Å²) in [4.78, 5) is 24.3. The molecule has 1 fully saturated rings. The number of amides is 1. The highest BCUT2D eigenvalue weighted by Gasteiger charge is 2.27. The first-order valence-electron chi connectivity index (χ1n) is 6.73. The van der Waals surface area contributed by atoms with Gasteiger partial charge in [-0.2, -0.15) is 0 Å². The van der Waals surface area contributed by atoms with Crippen molar-refractivity contribution in [3.05, 3.63) is 39.0 Å². The summed E-state index contributed by atoms with van der Waals surface area (Å²) < 4.78 is 1.27. The van der Waals surface area contributed by atoms with Crippen LogP contribution < -0.4 is 21.3 Å². The zero-order chi connectivity index (χ0) is 15.0. The van der Waals surface area contributed by atoms with E-state index in [4.69, 9.17) is 12.2 Å². The quantitative estimate of drug-likeness (QED) is 0.708. The Balaban J connectivity index is 2.21. The second-order valence-electron chi connectivity index (χ2n) is 5.05. The van der Waals surface area contributed by atoms with Crippen molar-refractivity contribution in [1.29, 1.82) is 0 Å². The van der Waals surface area contributed by atoms with Crippen LogP contribution in [0.4, 0.5) is 0 Å². The molecule has 1 aliphatic heterocycles. The average Bonchev–Trinajstić information content (AvgIpc) is 2.66. The summed E-state index contributed by atoms with van der Waals surface area (Å²) in [5.41, 5.74) is -0.295. The SMILES string of the molecule is O=C1CCC(n2c(O)cc3c(c2=O)=CC=CCC=3)C(=S)N1. The van der Waals surface area contributed by atoms with Crippen molar-refractivity contribution in [3.8, 4) is 5.88 Å². The lowest BCUT2D eigenvalue weighted by Gasteiger charge is -2.26. The number of aromatic hydroxyl groups is 1. The minimum Gasteiger partial charge on any atom is -0.494 e. The van der Waals surface area contributed by atoms with Crippen molar-refractivity contribution < 1.29 is 9.90 Å². The average molecular weight is 302 g/mol. The normalized spacial score (nSPS) is 20.9. The molecular weight excluding hydrogens is 288 g/mol. The number of carbonyl (C=O) groups is 1. The summed E-state index contributed by atoms with van der Waals surface area (Å²) in [7, 11) is 0. The number of nitrogens with zero attached hydrogens (tertiary/aromatic N) is 1. The minimum absolute atomic E-state index is 0.131. The number of rotatable bonds is 1. The number of pyridine rings is 1. The zero-order valence-corrected chi connectivity index (χ0v) is 12.0. The first kappa shape index (κ1) is 13.8. The molecule has 0 aromatic carbocycles. The number of hydrogen-bond donors (Lipinski definition) is 2. The van der Waals surface area contributed by atoms with Gasteiger partial charge in [-0.15, -0.1) is 0 Å². The summed E-state index contributed by atoms with van der Waals surface area (Å²) in [5.74, 6) is -0.282. The van der Waals surface area contributed by atoms with Crippen LogP contribution >= 0.6 is 12.2 Å². The number of thiocarbonyl (C=S) groups is 1. The van der Waals surface area contributed by atoms with E-state index in [9.17, 15) is 14.7 Å². The van der Waals surface area contributed by atoms with Crippen molar-refractivity contribution in [2.75, 3.05) is 0 Å². The van der Waals surface area contributed by atoms with Crippen LogP contribution in [0, 0.1) is 0 Å². The van der Waals surface area contributed by atoms with Gasteiger partial charge in [0.25, 0.3) is 5.56 Å². The molecular formula is C15H14N2O3S.